The van der Waals surface area contributed by atoms with Crippen LogP contribution < -0.4 is 11.1 Å². The van der Waals surface area contributed by atoms with E-state index in [0.29, 0.717) is 28.4 Å². The first-order valence-electron chi connectivity index (χ1n) is 8.62. The summed E-state index contributed by atoms with van der Waals surface area (Å²) >= 11 is 0. The first-order valence-corrected chi connectivity index (χ1v) is 8.62. The second-order valence-electron chi connectivity index (χ2n) is 6.75. The van der Waals surface area contributed by atoms with Crippen LogP contribution in [0, 0.1) is 0 Å². The van der Waals surface area contributed by atoms with Gasteiger partial charge in [0.1, 0.15) is 5.52 Å². The highest BCUT2D eigenvalue weighted by atomic mass is 16.1. The molecule has 0 bridgehead atoms. The Morgan fingerprint density at radius 1 is 1.11 bits per heavy atom. The molecule has 3 aromatic heterocycles. The topological polar surface area (TPSA) is 126 Å². The molecule has 0 spiro atoms. The number of hydrogen-bond acceptors (Lipinski definition) is 8. The number of aromatic nitrogens is 9. The standard InChI is InChI=1S/C16H15N9O2/c1-9(6-24-19-7-18-21-24)25-16(27)12-4-13-11(5-14(12)20-22-25)15(26)23(8-17-13)10-2-3-10/h4-5,7-10H,2-3,6H2,1H3. The Morgan fingerprint density at radius 2 is 1.89 bits per heavy atom. The molecule has 136 valence electrons. The van der Waals surface area contributed by atoms with Gasteiger partial charge in [0.25, 0.3) is 11.1 Å². The molecule has 3 heterocycles. The van der Waals surface area contributed by atoms with E-state index in [1.54, 1.807) is 23.0 Å². The summed E-state index contributed by atoms with van der Waals surface area (Å²) in [5, 5.41) is 20.4. The van der Waals surface area contributed by atoms with Gasteiger partial charge in [0.05, 0.1) is 35.2 Å². The monoisotopic (exact) mass is 365 g/mol. The predicted octanol–water partition coefficient (Wildman–Crippen LogP) is 0.0840. The van der Waals surface area contributed by atoms with Crippen LogP contribution in [0.3, 0.4) is 0 Å². The molecule has 1 saturated carbocycles. The Labute approximate surface area is 151 Å². The van der Waals surface area contributed by atoms with Crippen LogP contribution in [0.25, 0.3) is 21.8 Å². The fourth-order valence-electron chi connectivity index (χ4n) is 3.17. The summed E-state index contributed by atoms with van der Waals surface area (Å²) < 4.78 is 2.93. The van der Waals surface area contributed by atoms with Crippen molar-refractivity contribution in [1.29, 1.82) is 0 Å². The Kier molecular flexibility index (Phi) is 3.35. The van der Waals surface area contributed by atoms with Gasteiger partial charge in [0.2, 0.25) is 0 Å². The molecular weight excluding hydrogens is 350 g/mol. The van der Waals surface area contributed by atoms with E-state index in [2.05, 4.69) is 30.7 Å². The van der Waals surface area contributed by atoms with Gasteiger partial charge >= 0.3 is 0 Å². The van der Waals surface area contributed by atoms with E-state index in [1.807, 2.05) is 6.92 Å². The van der Waals surface area contributed by atoms with E-state index in [4.69, 9.17) is 0 Å². The minimum atomic E-state index is -0.324. The van der Waals surface area contributed by atoms with Crippen molar-refractivity contribution in [3.8, 4) is 0 Å². The molecule has 1 atom stereocenters. The number of hydrogen-bond donors (Lipinski definition) is 0. The van der Waals surface area contributed by atoms with Crippen LogP contribution >= 0.6 is 0 Å². The zero-order chi connectivity index (χ0) is 18.5. The molecule has 1 aromatic carbocycles. The molecule has 1 aliphatic carbocycles. The highest BCUT2D eigenvalue weighted by Crippen LogP contribution is 2.33. The third kappa shape index (κ3) is 2.58. The van der Waals surface area contributed by atoms with E-state index in [-0.39, 0.29) is 23.2 Å². The summed E-state index contributed by atoms with van der Waals surface area (Å²) in [6.07, 6.45) is 4.86. The molecule has 11 heteroatoms. The molecule has 0 aliphatic heterocycles. The molecular formula is C16H15N9O2. The molecule has 0 amide bonds. The lowest BCUT2D eigenvalue weighted by atomic mass is 10.1. The Hall–Kier alpha value is -3.50. The number of rotatable bonds is 4. The maximum atomic E-state index is 12.9. The van der Waals surface area contributed by atoms with Crippen molar-refractivity contribution in [1.82, 2.24) is 44.8 Å². The Balaban J connectivity index is 1.63. The molecule has 5 rings (SSSR count). The van der Waals surface area contributed by atoms with Gasteiger partial charge in [-0.2, -0.15) is 4.80 Å². The fourth-order valence-corrected chi connectivity index (χ4v) is 3.17. The second kappa shape index (κ2) is 5.76. The van der Waals surface area contributed by atoms with Crippen molar-refractivity contribution >= 4 is 21.8 Å². The molecule has 0 radical (unpaired) electrons. The van der Waals surface area contributed by atoms with Crippen LogP contribution in [0.2, 0.25) is 0 Å². The normalized spacial score (nSPS) is 15.4. The highest BCUT2D eigenvalue weighted by Gasteiger charge is 2.25. The number of nitrogens with zero attached hydrogens (tertiary/aromatic N) is 9. The summed E-state index contributed by atoms with van der Waals surface area (Å²) in [6.45, 7) is 2.15. The molecule has 0 N–H and O–H groups in total. The van der Waals surface area contributed by atoms with E-state index < -0.39 is 0 Å². The van der Waals surface area contributed by atoms with Gasteiger partial charge < -0.3 is 0 Å². The van der Waals surface area contributed by atoms with Crippen molar-refractivity contribution in [2.75, 3.05) is 0 Å². The molecule has 11 nitrogen and oxygen atoms in total. The minimum Gasteiger partial charge on any atom is -0.296 e. The summed E-state index contributed by atoms with van der Waals surface area (Å²) in [4.78, 5) is 31.3. The maximum absolute atomic E-state index is 12.9. The number of fused-ring (bicyclic) bond motifs is 2. The molecule has 1 fully saturated rings. The summed E-state index contributed by atoms with van der Waals surface area (Å²) in [5.41, 5.74) is 0.442. The van der Waals surface area contributed by atoms with Crippen molar-refractivity contribution in [2.45, 2.75) is 38.4 Å². The smallest absolute Gasteiger partial charge is 0.277 e. The zero-order valence-electron chi connectivity index (χ0n) is 14.4. The van der Waals surface area contributed by atoms with Crippen LogP contribution in [0.15, 0.2) is 34.4 Å². The molecule has 4 aromatic rings. The lowest BCUT2D eigenvalue weighted by Crippen LogP contribution is -2.30. The SMILES string of the molecule is CC(Cn1ncnn1)n1nnc2cc3c(=O)n(C4CC4)cnc3cc2c1=O. The van der Waals surface area contributed by atoms with E-state index in [1.165, 1.54) is 15.8 Å². The summed E-state index contributed by atoms with van der Waals surface area (Å²) in [5.74, 6) is 0. The number of benzene rings is 1. The molecule has 0 saturated heterocycles. The van der Waals surface area contributed by atoms with Crippen LogP contribution in [-0.2, 0) is 6.54 Å². The quantitative estimate of drug-likeness (QED) is 0.466. The molecule has 1 aliphatic rings. The van der Waals surface area contributed by atoms with Crippen LogP contribution in [0.1, 0.15) is 31.8 Å². The average Bonchev–Trinajstić information content (AvgIpc) is 3.38. The van der Waals surface area contributed by atoms with E-state index in [0.717, 1.165) is 12.8 Å². The van der Waals surface area contributed by atoms with Gasteiger partial charge in [0, 0.05) is 6.04 Å². The van der Waals surface area contributed by atoms with Crippen LogP contribution in [0.5, 0.6) is 0 Å². The lowest BCUT2D eigenvalue weighted by Gasteiger charge is -2.12. The summed E-state index contributed by atoms with van der Waals surface area (Å²) in [6, 6.07) is 3.11. The molecule has 27 heavy (non-hydrogen) atoms. The van der Waals surface area contributed by atoms with E-state index in [9.17, 15) is 9.59 Å². The first kappa shape index (κ1) is 15.7. The fraction of sp³-hybridized carbons (Fsp3) is 0.375. The first-order chi connectivity index (χ1) is 13.1. The Morgan fingerprint density at radius 3 is 2.63 bits per heavy atom. The third-order valence-corrected chi connectivity index (χ3v) is 4.76. The summed E-state index contributed by atoms with van der Waals surface area (Å²) in [7, 11) is 0. The Bertz CT molecular complexity index is 1270. The van der Waals surface area contributed by atoms with Gasteiger partial charge in [-0.05, 0) is 37.1 Å². The predicted molar refractivity (Wildman–Crippen MR) is 94.2 cm³/mol. The van der Waals surface area contributed by atoms with Crippen molar-refractivity contribution in [3.63, 3.8) is 0 Å². The van der Waals surface area contributed by atoms with Gasteiger partial charge in [-0.3, -0.25) is 14.2 Å². The molecule has 1 unspecified atom stereocenters. The van der Waals surface area contributed by atoms with Gasteiger partial charge in [0.15, 0.2) is 6.33 Å². The third-order valence-electron chi connectivity index (χ3n) is 4.76. The number of tetrazole rings is 1. The van der Waals surface area contributed by atoms with Crippen LogP contribution in [0.4, 0.5) is 0 Å². The zero-order valence-corrected chi connectivity index (χ0v) is 14.4. The van der Waals surface area contributed by atoms with Gasteiger partial charge in [-0.15, -0.1) is 15.3 Å². The van der Waals surface area contributed by atoms with Gasteiger partial charge in [-0.1, -0.05) is 5.21 Å². The minimum absolute atomic E-state index is 0.110. The van der Waals surface area contributed by atoms with Crippen molar-refractivity contribution < 1.29 is 0 Å². The van der Waals surface area contributed by atoms with Gasteiger partial charge in [-0.25, -0.2) is 9.67 Å². The maximum Gasteiger partial charge on any atom is 0.277 e. The average molecular weight is 365 g/mol. The van der Waals surface area contributed by atoms with Crippen molar-refractivity contribution in [2.24, 2.45) is 0 Å². The van der Waals surface area contributed by atoms with E-state index >= 15 is 0 Å². The highest BCUT2D eigenvalue weighted by molar-refractivity contribution is 5.93. The second-order valence-corrected chi connectivity index (χ2v) is 6.75. The van der Waals surface area contributed by atoms with Crippen molar-refractivity contribution in [3.05, 3.63) is 45.5 Å². The van der Waals surface area contributed by atoms with Crippen LogP contribution in [-0.4, -0.2) is 44.8 Å². The lowest BCUT2D eigenvalue weighted by molar-refractivity contribution is 0.354. The largest absolute Gasteiger partial charge is 0.296 e.